The van der Waals surface area contributed by atoms with Gasteiger partial charge in [0.2, 0.25) is 0 Å². The summed E-state index contributed by atoms with van der Waals surface area (Å²) in [5, 5.41) is 11.7. The van der Waals surface area contributed by atoms with Crippen LogP contribution in [-0.4, -0.2) is 10.7 Å². The minimum absolute atomic E-state index is 0.278. The molecule has 0 amide bonds. The summed E-state index contributed by atoms with van der Waals surface area (Å²) in [5.41, 5.74) is -0.233. The number of aliphatic hydroxyl groups is 1. The predicted molar refractivity (Wildman–Crippen MR) is 77.1 cm³/mol. The lowest BCUT2D eigenvalue weighted by Crippen LogP contribution is -2.58. The maximum atomic E-state index is 14.0. The Morgan fingerprint density at radius 1 is 1.10 bits per heavy atom. The molecule has 5 rings (SSSR count). The third-order valence-electron chi connectivity index (χ3n) is 6.07. The van der Waals surface area contributed by atoms with Crippen molar-refractivity contribution in [1.82, 2.24) is 0 Å². The highest BCUT2D eigenvalue weighted by molar-refractivity contribution is 6.31. The quantitative estimate of drug-likeness (QED) is 0.866. The molecule has 1 N–H and O–H groups in total. The average Bonchev–Trinajstić information content (AvgIpc) is 2.40. The van der Waals surface area contributed by atoms with Gasteiger partial charge >= 0.3 is 0 Å². The second-order valence-electron chi connectivity index (χ2n) is 7.17. The van der Waals surface area contributed by atoms with E-state index in [0.717, 1.165) is 37.5 Å². The molecule has 0 aromatic heterocycles. The Bertz CT molecular complexity index is 494. The molecule has 4 aliphatic rings. The third-order valence-corrected chi connectivity index (χ3v) is 6.43. The van der Waals surface area contributed by atoms with Crippen LogP contribution in [0.2, 0.25) is 5.02 Å². The van der Waals surface area contributed by atoms with E-state index in [1.165, 1.54) is 12.5 Å². The first kappa shape index (κ1) is 13.1. The molecule has 0 heterocycles. The highest BCUT2D eigenvalue weighted by Gasteiger charge is 2.56. The van der Waals surface area contributed by atoms with Crippen molar-refractivity contribution < 1.29 is 9.50 Å². The molecule has 4 bridgehead atoms. The number of halogens is 2. The van der Waals surface area contributed by atoms with E-state index < -0.39 is 5.60 Å². The Morgan fingerprint density at radius 2 is 1.70 bits per heavy atom. The smallest absolute Gasteiger partial charge is 0.127 e. The van der Waals surface area contributed by atoms with E-state index >= 15 is 0 Å². The van der Waals surface area contributed by atoms with Gasteiger partial charge in [0.15, 0.2) is 0 Å². The molecule has 20 heavy (non-hydrogen) atoms. The highest BCUT2D eigenvalue weighted by Crippen LogP contribution is 2.59. The summed E-state index contributed by atoms with van der Waals surface area (Å²) in [6.45, 7) is 0. The third kappa shape index (κ3) is 1.84. The zero-order valence-corrected chi connectivity index (χ0v) is 12.2. The summed E-state index contributed by atoms with van der Waals surface area (Å²) in [7, 11) is 0. The van der Waals surface area contributed by atoms with Gasteiger partial charge in [-0.1, -0.05) is 17.7 Å². The summed E-state index contributed by atoms with van der Waals surface area (Å²) in [6, 6.07) is 4.79. The Hall–Kier alpha value is -0.600. The fourth-order valence-corrected chi connectivity index (χ4v) is 5.50. The lowest BCUT2D eigenvalue weighted by atomic mass is 9.49. The van der Waals surface area contributed by atoms with Gasteiger partial charge in [-0.25, -0.2) is 4.39 Å². The van der Waals surface area contributed by atoms with Crippen LogP contribution in [0.15, 0.2) is 18.2 Å². The van der Waals surface area contributed by atoms with Crippen LogP contribution in [-0.2, 0) is 6.42 Å². The van der Waals surface area contributed by atoms with Crippen LogP contribution in [0, 0.1) is 29.5 Å². The van der Waals surface area contributed by atoms with Crippen LogP contribution >= 0.6 is 11.6 Å². The molecule has 0 saturated heterocycles. The number of rotatable bonds is 2. The molecular weight excluding hydrogens is 275 g/mol. The van der Waals surface area contributed by atoms with Crippen LogP contribution in [0.25, 0.3) is 0 Å². The molecule has 0 spiro atoms. The molecule has 0 atom stereocenters. The van der Waals surface area contributed by atoms with E-state index in [1.807, 2.05) is 0 Å². The second kappa shape index (κ2) is 4.45. The van der Waals surface area contributed by atoms with Crippen LogP contribution in [0.4, 0.5) is 4.39 Å². The highest BCUT2D eigenvalue weighted by atomic mass is 35.5. The monoisotopic (exact) mass is 294 g/mol. The summed E-state index contributed by atoms with van der Waals surface area (Å²) in [4.78, 5) is 0. The summed E-state index contributed by atoms with van der Waals surface area (Å²) in [6.07, 6.45) is 6.22. The van der Waals surface area contributed by atoms with E-state index in [2.05, 4.69) is 0 Å². The van der Waals surface area contributed by atoms with Gasteiger partial charge in [-0.15, -0.1) is 0 Å². The van der Waals surface area contributed by atoms with Crippen molar-refractivity contribution in [2.75, 3.05) is 0 Å². The van der Waals surface area contributed by atoms with Gasteiger partial charge in [-0.05, 0) is 67.9 Å². The van der Waals surface area contributed by atoms with Crippen molar-refractivity contribution in [2.24, 2.45) is 23.7 Å². The van der Waals surface area contributed by atoms with Gasteiger partial charge in [0.1, 0.15) is 5.82 Å². The maximum Gasteiger partial charge on any atom is 0.127 e. The standard InChI is InChI=1S/C17H20ClFO/c18-15-2-1-3-16(19)14(15)9-17(20)12-5-10-4-11(7-12)8-13(17)6-10/h1-3,10-13,20H,4-9H2. The van der Waals surface area contributed by atoms with Crippen molar-refractivity contribution >= 4 is 11.6 Å². The van der Waals surface area contributed by atoms with E-state index in [0.29, 0.717) is 28.8 Å². The predicted octanol–water partition coefficient (Wildman–Crippen LogP) is 4.21. The van der Waals surface area contributed by atoms with E-state index in [-0.39, 0.29) is 5.82 Å². The van der Waals surface area contributed by atoms with E-state index in [1.54, 1.807) is 12.1 Å². The first-order valence-electron chi connectivity index (χ1n) is 7.71. The lowest BCUT2D eigenvalue weighted by molar-refractivity contribution is -0.172. The molecule has 4 saturated carbocycles. The molecular formula is C17H20ClFO. The van der Waals surface area contributed by atoms with Crippen LogP contribution in [0.5, 0.6) is 0 Å². The van der Waals surface area contributed by atoms with Crippen molar-refractivity contribution in [2.45, 2.75) is 44.1 Å². The van der Waals surface area contributed by atoms with Crippen molar-refractivity contribution in [3.05, 3.63) is 34.6 Å². The SMILES string of the molecule is OC1(Cc2c(F)cccc2Cl)C2CC3CC(C2)CC1C3. The first-order valence-corrected chi connectivity index (χ1v) is 8.09. The number of hydrogen-bond donors (Lipinski definition) is 1. The second-order valence-corrected chi connectivity index (χ2v) is 7.58. The Morgan fingerprint density at radius 3 is 2.25 bits per heavy atom. The zero-order valence-electron chi connectivity index (χ0n) is 11.5. The van der Waals surface area contributed by atoms with Crippen molar-refractivity contribution in [1.29, 1.82) is 0 Å². The Balaban J connectivity index is 1.68. The van der Waals surface area contributed by atoms with Gasteiger partial charge in [0.05, 0.1) is 5.60 Å². The van der Waals surface area contributed by atoms with Crippen molar-refractivity contribution in [3.8, 4) is 0 Å². The van der Waals surface area contributed by atoms with Gasteiger partial charge < -0.3 is 5.11 Å². The topological polar surface area (TPSA) is 20.2 Å². The zero-order chi connectivity index (χ0) is 13.9. The fraction of sp³-hybridized carbons (Fsp3) is 0.647. The van der Waals surface area contributed by atoms with Crippen LogP contribution in [0.3, 0.4) is 0 Å². The molecule has 0 aliphatic heterocycles. The Labute approximate surface area is 124 Å². The van der Waals surface area contributed by atoms with Gasteiger partial charge in [0, 0.05) is 17.0 Å². The molecule has 0 radical (unpaired) electrons. The first-order chi connectivity index (χ1) is 9.56. The Kier molecular flexibility index (Phi) is 2.91. The van der Waals surface area contributed by atoms with Gasteiger partial charge in [0.25, 0.3) is 0 Å². The molecule has 4 fully saturated rings. The minimum Gasteiger partial charge on any atom is -0.389 e. The normalized spacial score (nSPS) is 42.1. The molecule has 1 aromatic rings. The largest absolute Gasteiger partial charge is 0.389 e. The molecule has 4 aliphatic carbocycles. The van der Waals surface area contributed by atoms with E-state index in [9.17, 15) is 9.50 Å². The molecule has 1 aromatic carbocycles. The van der Waals surface area contributed by atoms with Crippen LogP contribution < -0.4 is 0 Å². The number of hydrogen-bond acceptors (Lipinski definition) is 1. The molecule has 1 nitrogen and oxygen atoms in total. The average molecular weight is 295 g/mol. The van der Waals surface area contributed by atoms with E-state index in [4.69, 9.17) is 11.6 Å². The van der Waals surface area contributed by atoms with Gasteiger partial charge in [-0.3, -0.25) is 0 Å². The van der Waals surface area contributed by atoms with Gasteiger partial charge in [-0.2, -0.15) is 0 Å². The van der Waals surface area contributed by atoms with Crippen molar-refractivity contribution in [3.63, 3.8) is 0 Å². The summed E-state index contributed by atoms with van der Waals surface area (Å²) < 4.78 is 14.0. The summed E-state index contributed by atoms with van der Waals surface area (Å²) in [5.74, 6) is 2.01. The maximum absolute atomic E-state index is 14.0. The summed E-state index contributed by atoms with van der Waals surface area (Å²) >= 11 is 6.15. The molecule has 0 unspecified atom stereocenters. The minimum atomic E-state index is -0.737. The molecule has 108 valence electrons. The lowest BCUT2D eigenvalue weighted by Gasteiger charge is -2.59. The fourth-order valence-electron chi connectivity index (χ4n) is 5.27. The van der Waals surface area contributed by atoms with Crippen LogP contribution in [0.1, 0.15) is 37.7 Å². The number of benzene rings is 1. The molecule has 3 heteroatoms.